The van der Waals surface area contributed by atoms with Crippen LogP contribution >= 0.6 is 0 Å². The first-order valence-electron chi connectivity index (χ1n) is 8.31. The van der Waals surface area contributed by atoms with Gasteiger partial charge in [0.25, 0.3) is 10.0 Å². The van der Waals surface area contributed by atoms with Crippen molar-refractivity contribution in [2.75, 3.05) is 14.1 Å². The fourth-order valence-electron chi connectivity index (χ4n) is 2.94. The van der Waals surface area contributed by atoms with Crippen LogP contribution in [0.15, 0.2) is 65.0 Å². The molecule has 2 aromatic heterocycles. The van der Waals surface area contributed by atoms with Gasteiger partial charge >= 0.3 is 0 Å². The zero-order chi connectivity index (χ0) is 19.4. The van der Waals surface area contributed by atoms with E-state index >= 15 is 0 Å². The highest BCUT2D eigenvalue weighted by Gasteiger charge is 2.21. The van der Waals surface area contributed by atoms with Crippen LogP contribution in [0.25, 0.3) is 16.5 Å². The first-order chi connectivity index (χ1) is 13.0. The molecule has 0 amide bonds. The van der Waals surface area contributed by atoms with Gasteiger partial charge in [-0.15, -0.1) is 0 Å². The number of nitrogens with one attached hydrogen (secondary N) is 1. The second kappa shape index (κ2) is 7.73. The summed E-state index contributed by atoms with van der Waals surface area (Å²) >= 11 is 0. The highest BCUT2D eigenvalue weighted by atomic mass is 32.2. The van der Waals surface area contributed by atoms with Crippen LogP contribution in [0.5, 0.6) is 0 Å². The molecule has 0 aliphatic carbocycles. The predicted molar refractivity (Wildman–Crippen MR) is 108 cm³/mol. The van der Waals surface area contributed by atoms with Crippen molar-refractivity contribution in [3.63, 3.8) is 0 Å². The Hall–Kier alpha value is -2.97. The van der Waals surface area contributed by atoms with Crippen molar-refractivity contribution in [1.29, 1.82) is 0 Å². The summed E-state index contributed by atoms with van der Waals surface area (Å²) in [5, 5.41) is 3.93. The summed E-state index contributed by atoms with van der Waals surface area (Å²) in [4.78, 5) is 8.07. The molecule has 3 N–H and O–H groups in total. The van der Waals surface area contributed by atoms with Gasteiger partial charge in [0.05, 0.1) is 5.52 Å². The highest BCUT2D eigenvalue weighted by molar-refractivity contribution is 7.90. The first-order valence-corrected chi connectivity index (χ1v) is 9.75. The van der Waals surface area contributed by atoms with Crippen LogP contribution in [0, 0.1) is 0 Å². The maximum Gasteiger partial charge on any atom is 0.269 e. The van der Waals surface area contributed by atoms with E-state index < -0.39 is 10.0 Å². The molecule has 0 aliphatic heterocycles. The number of hydrogen-bond donors (Lipinski definition) is 2. The Kier molecular flexibility index (Phi) is 5.38. The highest BCUT2D eigenvalue weighted by Crippen LogP contribution is 2.28. The third kappa shape index (κ3) is 3.49. The van der Waals surface area contributed by atoms with E-state index in [0.717, 1.165) is 16.5 Å². The summed E-state index contributed by atoms with van der Waals surface area (Å²) in [5.41, 5.74) is 8.66. The lowest BCUT2D eigenvalue weighted by Gasteiger charge is -2.08. The summed E-state index contributed by atoms with van der Waals surface area (Å²) in [6.45, 7) is 0.543. The molecule has 0 saturated carbocycles. The largest absolute Gasteiger partial charge is 0.404 e. The van der Waals surface area contributed by atoms with Crippen molar-refractivity contribution >= 4 is 32.7 Å². The third-order valence-corrected chi connectivity index (χ3v) is 5.85. The maximum absolute atomic E-state index is 13.2. The summed E-state index contributed by atoms with van der Waals surface area (Å²) < 4.78 is 27.7. The van der Waals surface area contributed by atoms with E-state index in [0.29, 0.717) is 17.6 Å². The van der Waals surface area contributed by atoms with E-state index in [1.165, 1.54) is 22.4 Å². The first kappa shape index (κ1) is 18.8. The van der Waals surface area contributed by atoms with Gasteiger partial charge in [-0.25, -0.2) is 12.4 Å². The average molecular weight is 383 g/mol. The molecule has 140 valence electrons. The van der Waals surface area contributed by atoms with Crippen LogP contribution in [-0.4, -0.2) is 37.7 Å². The molecule has 2 heterocycles. The van der Waals surface area contributed by atoms with Crippen LogP contribution < -0.4 is 11.1 Å². The Bertz CT molecular complexity index is 1120. The predicted octanol–water partition coefficient (Wildman–Crippen LogP) is 1.99. The summed E-state index contributed by atoms with van der Waals surface area (Å²) in [6.07, 6.45) is 7.62. The van der Waals surface area contributed by atoms with Gasteiger partial charge < -0.3 is 11.1 Å². The Balaban J connectivity index is 2.28. The molecule has 0 radical (unpaired) electrons. The number of benzene rings is 1. The molecule has 8 heteroatoms. The fraction of sp³-hybridized carbons (Fsp3) is 0.158. The Labute approximate surface area is 158 Å². The van der Waals surface area contributed by atoms with Crippen molar-refractivity contribution in [2.24, 2.45) is 10.7 Å². The van der Waals surface area contributed by atoms with Crippen LogP contribution in [0.3, 0.4) is 0 Å². The minimum absolute atomic E-state index is 0.132. The van der Waals surface area contributed by atoms with E-state index in [2.05, 4.69) is 15.3 Å². The van der Waals surface area contributed by atoms with Gasteiger partial charge in [-0.1, -0.05) is 12.1 Å². The summed E-state index contributed by atoms with van der Waals surface area (Å²) in [7, 11) is -0.308. The lowest BCUT2D eigenvalue weighted by molar-refractivity contribution is 0.588. The number of rotatable bonds is 6. The van der Waals surface area contributed by atoms with Crippen molar-refractivity contribution in [3.05, 3.63) is 66.2 Å². The normalized spacial score (nSPS) is 12.9. The minimum Gasteiger partial charge on any atom is -0.404 e. The summed E-state index contributed by atoms with van der Waals surface area (Å²) in [6, 6.07) is 8.75. The van der Waals surface area contributed by atoms with Crippen molar-refractivity contribution in [2.45, 2.75) is 11.4 Å². The number of hydrogen-bond acceptors (Lipinski definition) is 6. The lowest BCUT2D eigenvalue weighted by atomic mass is 10.0. The topological polar surface area (TPSA) is 102 Å². The second-order valence-electron chi connectivity index (χ2n) is 5.92. The molecular weight excluding hydrogens is 362 g/mol. The van der Waals surface area contributed by atoms with Gasteiger partial charge in [0.1, 0.15) is 4.90 Å². The molecule has 0 aliphatic rings. The molecule has 0 fully saturated rings. The number of fused-ring (bicyclic) bond motifs is 1. The fourth-order valence-corrected chi connectivity index (χ4v) is 4.29. The van der Waals surface area contributed by atoms with E-state index in [1.807, 2.05) is 25.2 Å². The SMILES string of the molecule is CN=CC(=CN)c1ccc2c(CNC)cn(S(=O)(=O)c3cccnc3)c2c1. The summed E-state index contributed by atoms with van der Waals surface area (Å²) in [5.74, 6) is 0. The molecule has 0 saturated heterocycles. The Morgan fingerprint density at radius 2 is 2.19 bits per heavy atom. The molecule has 27 heavy (non-hydrogen) atoms. The van der Waals surface area contributed by atoms with Crippen molar-refractivity contribution in [1.82, 2.24) is 14.3 Å². The van der Waals surface area contributed by atoms with E-state index in [1.54, 1.807) is 31.7 Å². The van der Waals surface area contributed by atoms with Gasteiger partial charge in [0, 0.05) is 55.6 Å². The number of allylic oxidation sites excluding steroid dienone is 1. The van der Waals surface area contributed by atoms with Crippen LogP contribution in [0.1, 0.15) is 11.1 Å². The second-order valence-corrected chi connectivity index (χ2v) is 7.73. The zero-order valence-corrected chi connectivity index (χ0v) is 15.9. The van der Waals surface area contributed by atoms with Crippen molar-refractivity contribution in [3.8, 4) is 0 Å². The van der Waals surface area contributed by atoms with Gasteiger partial charge in [-0.05, 0) is 36.4 Å². The molecule has 3 aromatic rings. The molecule has 0 bridgehead atoms. The van der Waals surface area contributed by atoms with Crippen LogP contribution in [0.2, 0.25) is 0 Å². The lowest BCUT2D eigenvalue weighted by Crippen LogP contribution is -2.12. The maximum atomic E-state index is 13.2. The molecular formula is C19H21N5O2S. The zero-order valence-electron chi connectivity index (χ0n) is 15.1. The molecule has 0 unspecified atom stereocenters. The minimum atomic E-state index is -3.78. The van der Waals surface area contributed by atoms with Crippen LogP contribution in [-0.2, 0) is 16.6 Å². The van der Waals surface area contributed by atoms with Gasteiger partial charge in [0.15, 0.2) is 0 Å². The molecule has 0 atom stereocenters. The van der Waals surface area contributed by atoms with E-state index in [9.17, 15) is 8.42 Å². The number of pyridine rings is 1. The third-order valence-electron chi connectivity index (χ3n) is 4.19. The van der Waals surface area contributed by atoms with Gasteiger partial charge in [0.2, 0.25) is 0 Å². The number of aromatic nitrogens is 2. The molecule has 3 rings (SSSR count). The monoisotopic (exact) mass is 383 g/mol. The van der Waals surface area contributed by atoms with Crippen molar-refractivity contribution < 1.29 is 8.42 Å². The van der Waals surface area contributed by atoms with E-state index in [-0.39, 0.29) is 4.90 Å². The van der Waals surface area contributed by atoms with Crippen LogP contribution in [0.4, 0.5) is 0 Å². The van der Waals surface area contributed by atoms with E-state index in [4.69, 9.17) is 5.73 Å². The molecule has 7 nitrogen and oxygen atoms in total. The molecule has 0 spiro atoms. The molecule has 1 aromatic carbocycles. The average Bonchev–Trinajstić information content (AvgIpc) is 3.05. The van der Waals surface area contributed by atoms with Gasteiger partial charge in [-0.2, -0.15) is 0 Å². The number of nitrogens with two attached hydrogens (primary N) is 1. The quantitative estimate of drug-likeness (QED) is 0.634. The van der Waals surface area contributed by atoms with Gasteiger partial charge in [-0.3, -0.25) is 9.98 Å². The number of aliphatic imine (C=N–C) groups is 1. The standard InChI is InChI=1S/C19H21N5O2S/c1-21-10-15(9-20)14-5-6-18-16(11-22-2)13-24(19(18)8-14)27(25,26)17-4-3-7-23-12-17/h3-10,12-13,22H,11,20H2,1-2H3. The number of nitrogens with zero attached hydrogens (tertiary/aromatic N) is 3. The smallest absolute Gasteiger partial charge is 0.269 e. The Morgan fingerprint density at radius 1 is 1.37 bits per heavy atom. The Morgan fingerprint density at radius 3 is 2.81 bits per heavy atom.